The lowest BCUT2D eigenvalue weighted by Gasteiger charge is -2.05. The molecule has 0 heterocycles. The highest BCUT2D eigenvalue weighted by Crippen LogP contribution is 2.12. The quantitative estimate of drug-likeness (QED) is 0.580. The minimum atomic E-state index is -0.966. The zero-order valence-corrected chi connectivity index (χ0v) is 8.43. The largest absolute Gasteiger partial charge is 0.481 e. The van der Waals surface area contributed by atoms with E-state index in [0.29, 0.717) is 11.3 Å². The molecule has 0 aliphatic rings. The van der Waals surface area contributed by atoms with E-state index in [9.17, 15) is 9.59 Å². The van der Waals surface area contributed by atoms with E-state index in [-0.39, 0.29) is 12.2 Å². The van der Waals surface area contributed by atoms with Gasteiger partial charge in [-0.05, 0) is 12.1 Å². The number of nitrogen functional groups attached to an aromatic ring is 1. The fraction of sp³-hybridized carbons (Fsp3) is 0.273. The summed E-state index contributed by atoms with van der Waals surface area (Å²) in [5, 5.41) is 8.66. The van der Waals surface area contributed by atoms with E-state index < -0.39 is 11.9 Å². The molecule has 0 radical (unpaired) electrons. The van der Waals surface area contributed by atoms with Crippen LogP contribution in [0.2, 0.25) is 0 Å². The maximum Gasteiger partial charge on any atom is 0.306 e. The summed E-state index contributed by atoms with van der Waals surface area (Å²) in [4.78, 5) is 22.1. The van der Waals surface area contributed by atoms with Gasteiger partial charge in [0.1, 0.15) is 0 Å². The number of rotatable bonds is 4. The van der Waals surface area contributed by atoms with Crippen LogP contribution < -0.4 is 5.73 Å². The Morgan fingerprint density at radius 2 is 2.13 bits per heavy atom. The highest BCUT2D eigenvalue weighted by Gasteiger charge is 2.16. The first kappa shape index (κ1) is 11.2. The van der Waals surface area contributed by atoms with Gasteiger partial charge in [0.05, 0.1) is 5.92 Å². The minimum Gasteiger partial charge on any atom is -0.481 e. The van der Waals surface area contributed by atoms with Crippen molar-refractivity contribution < 1.29 is 14.7 Å². The van der Waals surface area contributed by atoms with Gasteiger partial charge in [0, 0.05) is 17.7 Å². The molecule has 1 aromatic rings. The minimum absolute atomic E-state index is 0.00120. The summed E-state index contributed by atoms with van der Waals surface area (Å²) in [5.41, 5.74) is 6.48. The molecule has 15 heavy (non-hydrogen) atoms. The smallest absolute Gasteiger partial charge is 0.306 e. The summed E-state index contributed by atoms with van der Waals surface area (Å²) in [7, 11) is 0. The first-order chi connectivity index (χ1) is 7.00. The molecular formula is C11H13NO3. The van der Waals surface area contributed by atoms with E-state index in [0.717, 1.165) is 0 Å². The molecule has 0 aliphatic carbocycles. The summed E-state index contributed by atoms with van der Waals surface area (Å²) < 4.78 is 0. The fourth-order valence-corrected chi connectivity index (χ4v) is 1.20. The number of aliphatic carboxylic acids is 1. The zero-order valence-electron chi connectivity index (χ0n) is 8.43. The monoisotopic (exact) mass is 207 g/mol. The number of hydrogen-bond donors (Lipinski definition) is 2. The van der Waals surface area contributed by atoms with Gasteiger partial charge in [-0.2, -0.15) is 0 Å². The van der Waals surface area contributed by atoms with Gasteiger partial charge in [0.15, 0.2) is 5.78 Å². The van der Waals surface area contributed by atoms with Gasteiger partial charge in [-0.1, -0.05) is 19.1 Å². The number of ketones is 1. The van der Waals surface area contributed by atoms with Crippen LogP contribution in [0.5, 0.6) is 0 Å². The third-order valence-electron chi connectivity index (χ3n) is 2.12. The summed E-state index contributed by atoms with van der Waals surface area (Å²) in [6.45, 7) is 1.51. The molecule has 4 heteroatoms. The van der Waals surface area contributed by atoms with Gasteiger partial charge in [-0.3, -0.25) is 9.59 Å². The Morgan fingerprint density at radius 3 is 2.67 bits per heavy atom. The average Bonchev–Trinajstić information content (AvgIpc) is 2.17. The topological polar surface area (TPSA) is 80.4 Å². The maximum atomic E-state index is 11.6. The van der Waals surface area contributed by atoms with Gasteiger partial charge in [0.2, 0.25) is 0 Å². The molecule has 0 aromatic heterocycles. The molecule has 3 N–H and O–H groups in total. The maximum absolute atomic E-state index is 11.6. The number of carboxylic acid groups (broad SMARTS) is 1. The Balaban J connectivity index is 2.73. The Kier molecular flexibility index (Phi) is 3.44. The molecule has 80 valence electrons. The third kappa shape index (κ3) is 3.09. The molecule has 0 bridgehead atoms. The SMILES string of the molecule is CC(CC(=O)c1cccc(N)c1)C(=O)O. The molecule has 0 saturated carbocycles. The standard InChI is InChI=1S/C11H13NO3/c1-7(11(14)15)5-10(13)8-3-2-4-9(12)6-8/h2-4,6-7H,5,12H2,1H3,(H,14,15). The van der Waals surface area contributed by atoms with Crippen molar-refractivity contribution in [3.8, 4) is 0 Å². The second-order valence-electron chi connectivity index (χ2n) is 3.49. The highest BCUT2D eigenvalue weighted by molar-refractivity contribution is 5.98. The molecule has 1 atom stereocenters. The van der Waals surface area contributed by atoms with Crippen molar-refractivity contribution in [3.63, 3.8) is 0 Å². The van der Waals surface area contributed by atoms with Crippen molar-refractivity contribution in [2.75, 3.05) is 5.73 Å². The van der Waals surface area contributed by atoms with Crippen LogP contribution in [0.25, 0.3) is 0 Å². The predicted octanol–water partition coefficient (Wildman–Crippen LogP) is 1.56. The number of carbonyl (C=O) groups is 2. The van der Waals surface area contributed by atoms with Crippen LogP contribution in [0.15, 0.2) is 24.3 Å². The summed E-state index contributed by atoms with van der Waals surface area (Å²) in [5.74, 6) is -1.83. The van der Waals surface area contributed by atoms with Crippen molar-refractivity contribution in [3.05, 3.63) is 29.8 Å². The van der Waals surface area contributed by atoms with Crippen molar-refractivity contribution in [2.45, 2.75) is 13.3 Å². The molecule has 0 saturated heterocycles. The first-order valence-electron chi connectivity index (χ1n) is 4.62. The molecule has 0 fully saturated rings. The number of hydrogen-bond acceptors (Lipinski definition) is 3. The number of carbonyl (C=O) groups excluding carboxylic acids is 1. The highest BCUT2D eigenvalue weighted by atomic mass is 16.4. The van der Waals surface area contributed by atoms with Crippen molar-refractivity contribution in [2.24, 2.45) is 5.92 Å². The van der Waals surface area contributed by atoms with E-state index in [1.54, 1.807) is 24.3 Å². The fourth-order valence-electron chi connectivity index (χ4n) is 1.20. The van der Waals surface area contributed by atoms with Crippen molar-refractivity contribution in [1.29, 1.82) is 0 Å². The van der Waals surface area contributed by atoms with Crippen LogP contribution in [-0.4, -0.2) is 16.9 Å². The number of Topliss-reactive ketones (excluding diaryl/α,β-unsaturated/α-hetero) is 1. The number of anilines is 1. The van der Waals surface area contributed by atoms with Gasteiger partial charge >= 0.3 is 5.97 Å². The van der Waals surface area contributed by atoms with Gasteiger partial charge in [-0.15, -0.1) is 0 Å². The molecule has 1 aromatic carbocycles. The van der Waals surface area contributed by atoms with Gasteiger partial charge in [-0.25, -0.2) is 0 Å². The molecular weight excluding hydrogens is 194 g/mol. The number of carboxylic acids is 1. The van der Waals surface area contributed by atoms with Gasteiger partial charge in [0.25, 0.3) is 0 Å². The molecule has 4 nitrogen and oxygen atoms in total. The molecule has 1 rings (SSSR count). The van der Waals surface area contributed by atoms with Crippen LogP contribution in [0.4, 0.5) is 5.69 Å². The lowest BCUT2D eigenvalue weighted by molar-refractivity contribution is -0.141. The Bertz CT molecular complexity index is 387. The van der Waals surface area contributed by atoms with Crippen LogP contribution in [0.3, 0.4) is 0 Å². The summed E-state index contributed by atoms with van der Waals surface area (Å²) >= 11 is 0. The van der Waals surface area contributed by atoms with Crippen molar-refractivity contribution >= 4 is 17.4 Å². The lowest BCUT2D eigenvalue weighted by atomic mass is 10.00. The summed E-state index contributed by atoms with van der Waals surface area (Å²) in [6, 6.07) is 6.54. The Hall–Kier alpha value is -1.84. The second-order valence-corrected chi connectivity index (χ2v) is 3.49. The van der Waals surface area contributed by atoms with Crippen LogP contribution in [0, 0.1) is 5.92 Å². The normalized spacial score (nSPS) is 12.1. The number of nitrogens with two attached hydrogens (primary N) is 1. The van der Waals surface area contributed by atoms with E-state index in [1.807, 2.05) is 0 Å². The van der Waals surface area contributed by atoms with Crippen LogP contribution in [-0.2, 0) is 4.79 Å². The van der Waals surface area contributed by atoms with E-state index >= 15 is 0 Å². The van der Waals surface area contributed by atoms with E-state index in [4.69, 9.17) is 10.8 Å². The average molecular weight is 207 g/mol. The van der Waals surface area contributed by atoms with E-state index in [2.05, 4.69) is 0 Å². The number of benzene rings is 1. The van der Waals surface area contributed by atoms with E-state index in [1.165, 1.54) is 6.92 Å². The van der Waals surface area contributed by atoms with Gasteiger partial charge < -0.3 is 10.8 Å². The predicted molar refractivity (Wildman–Crippen MR) is 56.6 cm³/mol. The lowest BCUT2D eigenvalue weighted by Crippen LogP contribution is -2.14. The Morgan fingerprint density at radius 1 is 1.47 bits per heavy atom. The molecule has 0 spiro atoms. The van der Waals surface area contributed by atoms with Crippen LogP contribution in [0.1, 0.15) is 23.7 Å². The molecule has 1 unspecified atom stereocenters. The van der Waals surface area contributed by atoms with Crippen LogP contribution >= 0.6 is 0 Å². The Labute approximate surface area is 87.7 Å². The zero-order chi connectivity index (χ0) is 11.4. The van der Waals surface area contributed by atoms with Crippen molar-refractivity contribution in [1.82, 2.24) is 0 Å². The first-order valence-corrected chi connectivity index (χ1v) is 4.62. The summed E-state index contributed by atoms with van der Waals surface area (Å²) in [6.07, 6.45) is -0.00120. The third-order valence-corrected chi connectivity index (χ3v) is 2.12. The molecule has 0 amide bonds. The second kappa shape index (κ2) is 4.59. The molecule has 0 aliphatic heterocycles.